The zero-order valence-electron chi connectivity index (χ0n) is 19.9. The molecule has 4 rings (SSSR count). The van der Waals surface area contributed by atoms with Crippen molar-refractivity contribution in [3.63, 3.8) is 0 Å². The predicted octanol–water partition coefficient (Wildman–Crippen LogP) is 4.82. The van der Waals surface area contributed by atoms with Gasteiger partial charge in [0.2, 0.25) is 11.8 Å². The molecule has 0 saturated heterocycles. The van der Waals surface area contributed by atoms with E-state index >= 15 is 0 Å². The number of carbonyl (C=O) groups excluding carboxylic acids is 2. The lowest BCUT2D eigenvalue weighted by Crippen LogP contribution is -2.36. The summed E-state index contributed by atoms with van der Waals surface area (Å²) in [6.45, 7) is 4.05. The summed E-state index contributed by atoms with van der Waals surface area (Å²) in [5, 5.41) is 14.6. The minimum absolute atomic E-state index is 0.111. The van der Waals surface area contributed by atoms with Gasteiger partial charge in [0.05, 0.1) is 16.0 Å². The maximum Gasteiger partial charge on any atom is 0.294 e. The summed E-state index contributed by atoms with van der Waals surface area (Å²) in [6.07, 6.45) is 5.66. The van der Waals surface area contributed by atoms with Crippen LogP contribution in [0.15, 0.2) is 67.0 Å². The number of nitro benzene ring substituents is 1. The van der Waals surface area contributed by atoms with Crippen molar-refractivity contribution in [1.29, 1.82) is 0 Å². The van der Waals surface area contributed by atoms with Gasteiger partial charge in [-0.2, -0.15) is 0 Å². The number of fused-ring (bicyclic) bond motifs is 1. The fourth-order valence-corrected chi connectivity index (χ4v) is 4.44. The zero-order valence-corrected chi connectivity index (χ0v) is 19.9. The highest BCUT2D eigenvalue weighted by atomic mass is 16.6. The Balaban J connectivity index is 1.54. The number of aryl methyl sites for hydroxylation is 2. The molecule has 0 fully saturated rings. The summed E-state index contributed by atoms with van der Waals surface area (Å²) in [5.41, 5.74) is 2.32. The summed E-state index contributed by atoms with van der Waals surface area (Å²) < 4.78 is 0. The second-order valence-corrected chi connectivity index (χ2v) is 9.22. The summed E-state index contributed by atoms with van der Waals surface area (Å²) in [6, 6.07) is 16.4. The number of hydrogen-bond acceptors (Lipinski definition) is 5. The van der Waals surface area contributed by atoms with Crippen LogP contribution in [0.2, 0.25) is 0 Å². The zero-order chi connectivity index (χ0) is 25.0. The summed E-state index contributed by atoms with van der Waals surface area (Å²) in [7, 11) is 0. The van der Waals surface area contributed by atoms with E-state index in [9.17, 15) is 19.7 Å². The number of hydrogen-bond donors (Lipinski definition) is 1. The fraction of sp³-hybridized carbons (Fsp3) is 0.296. The first-order valence-corrected chi connectivity index (χ1v) is 11.6. The van der Waals surface area contributed by atoms with Crippen LogP contribution in [0.5, 0.6) is 0 Å². The van der Waals surface area contributed by atoms with Gasteiger partial charge >= 0.3 is 0 Å². The van der Waals surface area contributed by atoms with Gasteiger partial charge < -0.3 is 10.2 Å². The van der Waals surface area contributed by atoms with Crippen molar-refractivity contribution in [3.05, 3.63) is 93.8 Å². The van der Waals surface area contributed by atoms with Crippen molar-refractivity contribution < 1.29 is 14.5 Å². The van der Waals surface area contributed by atoms with Crippen LogP contribution in [0, 0.1) is 10.1 Å². The molecule has 0 spiro atoms. The van der Waals surface area contributed by atoms with Crippen molar-refractivity contribution in [2.24, 2.45) is 0 Å². The first-order chi connectivity index (χ1) is 16.8. The fourth-order valence-electron chi connectivity index (χ4n) is 4.44. The number of anilines is 2. The van der Waals surface area contributed by atoms with Crippen molar-refractivity contribution in [2.75, 3.05) is 16.8 Å². The molecule has 2 aromatic carbocycles. The number of amides is 2. The van der Waals surface area contributed by atoms with Gasteiger partial charge in [0, 0.05) is 31.4 Å². The molecule has 2 amide bonds. The molecular formula is C27H28N4O4. The number of nitrogens with one attached hydrogen (secondary N) is 1. The summed E-state index contributed by atoms with van der Waals surface area (Å²) in [4.78, 5) is 43.0. The molecule has 8 heteroatoms. The first-order valence-electron chi connectivity index (χ1n) is 11.6. The number of pyridine rings is 1. The Bertz CT molecular complexity index is 1240. The van der Waals surface area contributed by atoms with Crippen molar-refractivity contribution >= 4 is 28.9 Å². The summed E-state index contributed by atoms with van der Waals surface area (Å²) >= 11 is 0. The third-order valence-electron chi connectivity index (χ3n) is 6.38. The summed E-state index contributed by atoms with van der Waals surface area (Å²) in [5.74, 6) is -0.423. The molecule has 3 aromatic rings. The Hall–Kier alpha value is -4.07. The van der Waals surface area contributed by atoms with Crippen LogP contribution in [-0.4, -0.2) is 28.3 Å². The molecule has 0 saturated carbocycles. The van der Waals surface area contributed by atoms with Crippen LogP contribution < -0.4 is 10.2 Å². The lowest BCUT2D eigenvalue weighted by atomic mass is 9.85. The molecule has 1 aromatic heterocycles. The highest BCUT2D eigenvalue weighted by Crippen LogP contribution is 2.46. The van der Waals surface area contributed by atoms with Gasteiger partial charge in [0.25, 0.3) is 5.69 Å². The van der Waals surface area contributed by atoms with Crippen LogP contribution in [-0.2, 0) is 27.8 Å². The van der Waals surface area contributed by atoms with Gasteiger partial charge in [-0.1, -0.05) is 36.4 Å². The molecule has 35 heavy (non-hydrogen) atoms. The monoisotopic (exact) mass is 472 g/mol. The van der Waals surface area contributed by atoms with Gasteiger partial charge in [-0.15, -0.1) is 0 Å². The van der Waals surface area contributed by atoms with Crippen LogP contribution in [0.1, 0.15) is 43.4 Å². The molecule has 8 nitrogen and oxygen atoms in total. The minimum atomic E-state index is -0.859. The molecule has 0 aliphatic carbocycles. The highest BCUT2D eigenvalue weighted by molar-refractivity contribution is 6.09. The van der Waals surface area contributed by atoms with E-state index in [-0.39, 0.29) is 29.6 Å². The number of aromatic nitrogens is 1. The number of rotatable bonds is 9. The van der Waals surface area contributed by atoms with E-state index in [0.29, 0.717) is 30.6 Å². The molecule has 0 unspecified atom stereocenters. The molecule has 1 N–H and O–H groups in total. The third-order valence-corrected chi connectivity index (χ3v) is 6.38. The number of carbonyl (C=O) groups is 2. The second kappa shape index (κ2) is 10.0. The van der Waals surface area contributed by atoms with E-state index in [1.54, 1.807) is 23.4 Å². The van der Waals surface area contributed by atoms with Crippen molar-refractivity contribution in [3.8, 4) is 0 Å². The normalized spacial score (nSPS) is 14.0. The van der Waals surface area contributed by atoms with E-state index in [1.807, 2.05) is 56.3 Å². The highest BCUT2D eigenvalue weighted by Gasteiger charge is 2.45. The van der Waals surface area contributed by atoms with Gasteiger partial charge in [0.1, 0.15) is 5.69 Å². The Morgan fingerprint density at radius 2 is 1.83 bits per heavy atom. The standard InChI is InChI=1S/C27H28N4O4/c1-27(2)21-16-22(29-25(32)13-12-19-8-4-3-5-9-19)24(31(34)35)17-23(21)30(26(27)33)15-7-11-20-10-6-14-28-18-20/h3-6,8-10,14,16-18H,7,11-13,15H2,1-2H3,(H,29,32). The minimum Gasteiger partial charge on any atom is -0.320 e. The number of nitro groups is 1. The molecule has 180 valence electrons. The van der Waals surface area contributed by atoms with Gasteiger partial charge in [-0.25, -0.2) is 0 Å². The van der Waals surface area contributed by atoms with E-state index in [2.05, 4.69) is 10.3 Å². The maximum absolute atomic E-state index is 13.3. The van der Waals surface area contributed by atoms with Crippen LogP contribution in [0.25, 0.3) is 0 Å². The Morgan fingerprint density at radius 3 is 2.51 bits per heavy atom. The van der Waals surface area contributed by atoms with Gasteiger partial charge in [-0.05, 0) is 61.9 Å². The number of benzene rings is 2. The lowest BCUT2D eigenvalue weighted by molar-refractivity contribution is -0.383. The quantitative estimate of drug-likeness (QED) is 0.355. The van der Waals surface area contributed by atoms with Gasteiger partial charge in [-0.3, -0.25) is 24.7 Å². The van der Waals surface area contributed by atoms with Crippen molar-refractivity contribution in [1.82, 2.24) is 4.98 Å². The Morgan fingerprint density at radius 1 is 1.09 bits per heavy atom. The molecule has 2 heterocycles. The van der Waals surface area contributed by atoms with E-state index in [4.69, 9.17) is 0 Å². The van der Waals surface area contributed by atoms with Crippen molar-refractivity contribution in [2.45, 2.75) is 44.9 Å². The molecule has 0 radical (unpaired) electrons. The number of nitrogens with zero attached hydrogens (tertiary/aromatic N) is 3. The molecular weight excluding hydrogens is 444 g/mol. The average molecular weight is 473 g/mol. The van der Waals surface area contributed by atoms with Gasteiger partial charge in [0.15, 0.2) is 0 Å². The molecule has 0 bridgehead atoms. The molecule has 1 aliphatic heterocycles. The second-order valence-electron chi connectivity index (χ2n) is 9.22. The topological polar surface area (TPSA) is 105 Å². The lowest BCUT2D eigenvalue weighted by Gasteiger charge is -2.20. The Kier molecular flexibility index (Phi) is 6.91. The maximum atomic E-state index is 13.3. The SMILES string of the molecule is CC1(C)C(=O)N(CCCc2cccnc2)c2cc([N+](=O)[O-])c(NC(=O)CCc3ccccc3)cc21. The third kappa shape index (κ3) is 5.21. The predicted molar refractivity (Wildman–Crippen MR) is 134 cm³/mol. The van der Waals surface area contributed by atoms with E-state index in [0.717, 1.165) is 17.5 Å². The van der Waals surface area contributed by atoms with Crippen LogP contribution in [0.4, 0.5) is 17.1 Å². The van der Waals surface area contributed by atoms with Crippen LogP contribution in [0.3, 0.4) is 0 Å². The smallest absolute Gasteiger partial charge is 0.294 e. The first kappa shape index (κ1) is 24.1. The largest absolute Gasteiger partial charge is 0.320 e. The Labute approximate surface area is 204 Å². The molecule has 0 atom stereocenters. The van der Waals surface area contributed by atoms with E-state index in [1.165, 1.54) is 6.07 Å². The van der Waals surface area contributed by atoms with E-state index < -0.39 is 10.3 Å². The van der Waals surface area contributed by atoms with Crippen LogP contribution >= 0.6 is 0 Å². The average Bonchev–Trinajstić information content (AvgIpc) is 3.03. The molecule has 1 aliphatic rings.